The smallest absolute Gasteiger partial charge is 0.229 e. The van der Waals surface area contributed by atoms with E-state index in [2.05, 4.69) is 30.2 Å². The fraction of sp³-hybridized carbons (Fsp3) is 0.0526. The second-order valence-electron chi connectivity index (χ2n) is 6.21. The van der Waals surface area contributed by atoms with Gasteiger partial charge in [-0.2, -0.15) is 4.98 Å². The zero-order chi connectivity index (χ0) is 18.4. The third-order valence-electron chi connectivity index (χ3n) is 4.31. The predicted molar refractivity (Wildman–Crippen MR) is 100 cm³/mol. The number of pyridine rings is 2. The number of imidazole rings is 1. The number of aromatic nitrogens is 6. The minimum Gasteiger partial charge on any atom is -0.345 e. The number of fused-ring (bicyclic) bond motifs is 2. The summed E-state index contributed by atoms with van der Waals surface area (Å²) >= 11 is 0. The molecule has 0 saturated heterocycles. The SMILES string of the molecule is Cc1cn2cc(-c3c[nH]c4nc(Nc5ccncc5)ncc34)cc(F)c2n1. The minimum atomic E-state index is -0.369. The molecule has 0 saturated carbocycles. The lowest BCUT2D eigenvalue weighted by Gasteiger charge is -2.05. The molecule has 0 bridgehead atoms. The summed E-state index contributed by atoms with van der Waals surface area (Å²) in [6.45, 7) is 1.84. The minimum absolute atomic E-state index is 0.316. The van der Waals surface area contributed by atoms with Crippen molar-refractivity contribution in [2.24, 2.45) is 0 Å². The van der Waals surface area contributed by atoms with Gasteiger partial charge in [0.1, 0.15) is 5.65 Å². The molecule has 2 N–H and O–H groups in total. The van der Waals surface area contributed by atoms with Crippen LogP contribution in [0.3, 0.4) is 0 Å². The highest BCUT2D eigenvalue weighted by Gasteiger charge is 2.13. The molecule has 5 aromatic rings. The Labute approximate surface area is 153 Å². The van der Waals surface area contributed by atoms with Gasteiger partial charge in [-0.3, -0.25) is 4.98 Å². The zero-order valence-electron chi connectivity index (χ0n) is 14.3. The van der Waals surface area contributed by atoms with Crippen LogP contribution in [0.4, 0.5) is 16.0 Å². The van der Waals surface area contributed by atoms with E-state index in [9.17, 15) is 4.39 Å². The van der Waals surface area contributed by atoms with E-state index in [1.165, 1.54) is 6.07 Å². The number of halogens is 1. The van der Waals surface area contributed by atoms with Crippen LogP contribution in [0, 0.1) is 12.7 Å². The molecule has 132 valence electrons. The second kappa shape index (κ2) is 5.87. The van der Waals surface area contributed by atoms with Crippen LogP contribution in [0.1, 0.15) is 5.69 Å². The molecule has 0 unspecified atom stereocenters. The molecule has 27 heavy (non-hydrogen) atoms. The van der Waals surface area contributed by atoms with E-state index >= 15 is 0 Å². The van der Waals surface area contributed by atoms with Crippen LogP contribution in [-0.4, -0.2) is 29.3 Å². The lowest BCUT2D eigenvalue weighted by atomic mass is 10.1. The first-order chi connectivity index (χ1) is 13.2. The Balaban J connectivity index is 1.57. The van der Waals surface area contributed by atoms with Gasteiger partial charge in [-0.1, -0.05) is 0 Å². The summed E-state index contributed by atoms with van der Waals surface area (Å²) in [4.78, 5) is 20.2. The molecule has 0 amide bonds. The Bertz CT molecular complexity index is 1270. The van der Waals surface area contributed by atoms with Crippen LogP contribution < -0.4 is 5.32 Å². The molecular formula is C19H14FN7. The maximum atomic E-state index is 14.4. The molecular weight excluding hydrogens is 345 g/mol. The van der Waals surface area contributed by atoms with Gasteiger partial charge >= 0.3 is 0 Å². The average molecular weight is 359 g/mol. The number of anilines is 2. The van der Waals surface area contributed by atoms with Crippen molar-refractivity contribution in [1.82, 2.24) is 29.3 Å². The summed E-state index contributed by atoms with van der Waals surface area (Å²) in [6, 6.07) is 5.14. The van der Waals surface area contributed by atoms with Gasteiger partial charge in [0.25, 0.3) is 0 Å². The van der Waals surface area contributed by atoms with Crippen molar-refractivity contribution in [1.29, 1.82) is 0 Å². The molecule has 0 radical (unpaired) electrons. The summed E-state index contributed by atoms with van der Waals surface area (Å²) < 4.78 is 16.1. The van der Waals surface area contributed by atoms with E-state index in [0.29, 0.717) is 17.2 Å². The summed E-state index contributed by atoms with van der Waals surface area (Å²) in [5.41, 5.74) is 4.14. The van der Waals surface area contributed by atoms with E-state index in [0.717, 1.165) is 27.9 Å². The maximum absolute atomic E-state index is 14.4. The van der Waals surface area contributed by atoms with Crippen molar-refractivity contribution in [3.05, 3.63) is 66.9 Å². The summed E-state index contributed by atoms with van der Waals surface area (Å²) in [5.74, 6) is 0.0980. The van der Waals surface area contributed by atoms with Crippen molar-refractivity contribution < 1.29 is 4.39 Å². The third kappa shape index (κ3) is 2.67. The number of nitrogens with one attached hydrogen (secondary N) is 2. The van der Waals surface area contributed by atoms with E-state index in [-0.39, 0.29) is 5.82 Å². The van der Waals surface area contributed by atoms with Gasteiger partial charge in [0, 0.05) is 59.4 Å². The number of H-pyrrole nitrogens is 1. The van der Waals surface area contributed by atoms with E-state index in [1.807, 2.05) is 25.3 Å². The number of hydrogen-bond acceptors (Lipinski definition) is 5. The summed E-state index contributed by atoms with van der Waals surface area (Å²) in [7, 11) is 0. The van der Waals surface area contributed by atoms with Gasteiger partial charge in [-0.15, -0.1) is 0 Å². The van der Waals surface area contributed by atoms with Crippen LogP contribution >= 0.6 is 0 Å². The average Bonchev–Trinajstić information content (AvgIpc) is 3.25. The number of hydrogen-bond donors (Lipinski definition) is 2. The highest BCUT2D eigenvalue weighted by molar-refractivity contribution is 5.93. The molecule has 0 aromatic carbocycles. The molecule has 7 nitrogen and oxygen atoms in total. The van der Waals surface area contributed by atoms with Crippen molar-refractivity contribution >= 4 is 28.3 Å². The topological polar surface area (TPSA) is 83.8 Å². The van der Waals surface area contributed by atoms with Gasteiger partial charge in [-0.05, 0) is 25.1 Å². The molecule has 0 aliphatic carbocycles. The monoisotopic (exact) mass is 359 g/mol. The molecule has 8 heteroatoms. The molecule has 0 aliphatic heterocycles. The Morgan fingerprint density at radius 2 is 2.00 bits per heavy atom. The molecule has 5 heterocycles. The summed E-state index contributed by atoms with van der Waals surface area (Å²) in [6.07, 6.45) is 10.6. The Morgan fingerprint density at radius 3 is 2.85 bits per heavy atom. The highest BCUT2D eigenvalue weighted by Crippen LogP contribution is 2.29. The lowest BCUT2D eigenvalue weighted by molar-refractivity contribution is 0.630. The quantitative estimate of drug-likeness (QED) is 0.511. The van der Waals surface area contributed by atoms with Gasteiger partial charge in [0.05, 0.1) is 5.69 Å². The van der Waals surface area contributed by atoms with E-state index in [1.54, 1.807) is 35.4 Å². The van der Waals surface area contributed by atoms with Crippen molar-refractivity contribution in [2.75, 3.05) is 5.32 Å². The molecule has 0 spiro atoms. The molecule has 0 atom stereocenters. The van der Waals surface area contributed by atoms with E-state index in [4.69, 9.17) is 0 Å². The van der Waals surface area contributed by atoms with Crippen LogP contribution in [0.2, 0.25) is 0 Å². The van der Waals surface area contributed by atoms with Crippen LogP contribution in [-0.2, 0) is 0 Å². The van der Waals surface area contributed by atoms with Gasteiger partial charge < -0.3 is 14.7 Å². The third-order valence-corrected chi connectivity index (χ3v) is 4.31. The number of aromatic amines is 1. The van der Waals surface area contributed by atoms with Gasteiger partial charge in [-0.25, -0.2) is 14.4 Å². The normalized spacial score (nSPS) is 11.3. The Morgan fingerprint density at radius 1 is 1.15 bits per heavy atom. The molecule has 5 rings (SSSR count). The first-order valence-electron chi connectivity index (χ1n) is 8.34. The lowest BCUT2D eigenvalue weighted by Crippen LogP contribution is -1.97. The molecule has 0 fully saturated rings. The van der Waals surface area contributed by atoms with Crippen molar-refractivity contribution in [3.8, 4) is 11.1 Å². The van der Waals surface area contributed by atoms with Crippen LogP contribution in [0.25, 0.3) is 27.8 Å². The number of nitrogens with zero attached hydrogens (tertiary/aromatic N) is 5. The number of rotatable bonds is 3. The Hall–Kier alpha value is -3.81. The molecule has 5 aromatic heterocycles. The predicted octanol–water partition coefficient (Wildman–Crippen LogP) is 3.86. The van der Waals surface area contributed by atoms with E-state index < -0.39 is 0 Å². The van der Waals surface area contributed by atoms with Crippen LogP contribution in [0.5, 0.6) is 0 Å². The fourth-order valence-electron chi connectivity index (χ4n) is 3.10. The number of aryl methyl sites for hydroxylation is 1. The van der Waals surface area contributed by atoms with Crippen LogP contribution in [0.15, 0.2) is 55.4 Å². The zero-order valence-corrected chi connectivity index (χ0v) is 14.3. The highest BCUT2D eigenvalue weighted by atomic mass is 19.1. The molecule has 0 aliphatic rings. The standard InChI is InChI=1S/C19H14FN7/c1-11-9-27-10-12(6-16(20)18(27)24-11)14-7-22-17-15(14)8-23-19(26-17)25-13-2-4-21-5-3-13/h2-10H,1H3,(H2,21,22,23,25,26). The first-order valence-corrected chi connectivity index (χ1v) is 8.34. The van der Waals surface area contributed by atoms with Gasteiger partial charge in [0.15, 0.2) is 11.5 Å². The van der Waals surface area contributed by atoms with Crippen molar-refractivity contribution in [2.45, 2.75) is 6.92 Å². The maximum Gasteiger partial charge on any atom is 0.229 e. The Kier molecular flexibility index (Phi) is 3.36. The second-order valence-corrected chi connectivity index (χ2v) is 6.21. The summed E-state index contributed by atoms with van der Waals surface area (Å²) in [5, 5.41) is 3.94. The first kappa shape index (κ1) is 15.4. The largest absolute Gasteiger partial charge is 0.345 e. The van der Waals surface area contributed by atoms with Gasteiger partial charge in [0.2, 0.25) is 5.95 Å². The van der Waals surface area contributed by atoms with Crippen molar-refractivity contribution in [3.63, 3.8) is 0 Å². The fourth-order valence-corrected chi connectivity index (χ4v) is 3.10.